The molecule has 10 heavy (non-hydrogen) atoms. The summed E-state index contributed by atoms with van der Waals surface area (Å²) in [4.78, 5) is 13.2. The minimum absolute atomic E-state index is 0.348. The summed E-state index contributed by atoms with van der Waals surface area (Å²) in [6.07, 6.45) is 0. The van der Waals surface area contributed by atoms with Crippen molar-refractivity contribution in [1.29, 1.82) is 0 Å². The summed E-state index contributed by atoms with van der Waals surface area (Å²) in [6, 6.07) is 1.98. The third-order valence-corrected chi connectivity index (χ3v) is 0.512. The number of hydrazone groups is 1. The van der Waals surface area contributed by atoms with E-state index in [0.717, 1.165) is 0 Å². The normalized spacial score (nSPS) is 9.90. The average molecular weight is 143 g/mol. The average Bonchev–Trinajstić information content (AvgIpc) is 1.59. The van der Waals surface area contributed by atoms with Gasteiger partial charge in [-0.3, -0.25) is 0 Å². The van der Waals surface area contributed by atoms with Gasteiger partial charge in [-0.1, -0.05) is 0 Å². The third-order valence-electron chi connectivity index (χ3n) is 0.512. The highest BCUT2D eigenvalue weighted by atomic mass is 16.7. The highest BCUT2D eigenvalue weighted by Gasteiger charge is 2.04. The third kappa shape index (κ3) is 6.78. The molecule has 0 saturated carbocycles. The Morgan fingerprint density at radius 1 is 1.50 bits per heavy atom. The molecule has 0 unspecified atom stereocenters. The van der Waals surface area contributed by atoms with Crippen LogP contribution in [0.2, 0.25) is 0 Å². The van der Waals surface area contributed by atoms with Crippen LogP contribution in [0.4, 0.5) is 0 Å². The summed E-state index contributed by atoms with van der Waals surface area (Å²) in [6.45, 7) is 5.40. The van der Waals surface area contributed by atoms with Crippen molar-refractivity contribution in [3.8, 4) is 0 Å². The van der Waals surface area contributed by atoms with Crippen LogP contribution in [0.3, 0.4) is 0 Å². The zero-order valence-electron chi connectivity index (χ0n) is 6.16. The molecule has 0 aliphatic heterocycles. The molecule has 0 aromatic rings. The van der Waals surface area contributed by atoms with E-state index in [1.165, 1.54) is 0 Å². The fourth-order valence-electron chi connectivity index (χ4n) is 0.209. The fourth-order valence-corrected chi connectivity index (χ4v) is 0.209. The number of rotatable bonds is 1. The predicted octanol–water partition coefficient (Wildman–Crippen LogP) is 1.15. The molecule has 0 aromatic carbocycles. The van der Waals surface area contributed by atoms with E-state index < -0.39 is 5.03 Å². The first kappa shape index (κ1) is 8.78. The molecule has 0 fully saturated rings. The van der Waals surface area contributed by atoms with E-state index in [0.29, 0.717) is 0 Å². The molecule has 0 amide bonds. The minimum atomic E-state index is -0.838. The molecule has 0 heterocycles. The molecule has 0 radical (unpaired) electrons. The largest absolute Gasteiger partial charge is 0.232 e. The van der Waals surface area contributed by atoms with Gasteiger partial charge in [-0.2, -0.15) is 0 Å². The van der Waals surface area contributed by atoms with Crippen LogP contribution in [-0.4, -0.2) is 16.6 Å². The van der Waals surface area contributed by atoms with Gasteiger partial charge in [0.1, 0.15) is 5.10 Å². The summed E-state index contributed by atoms with van der Waals surface area (Å²) < 4.78 is 0. The van der Waals surface area contributed by atoms with Crippen LogP contribution >= 0.6 is 0 Å². The van der Waals surface area contributed by atoms with Gasteiger partial charge >= 0.3 is 0 Å². The van der Waals surface area contributed by atoms with Crippen molar-refractivity contribution >= 4 is 6.01 Å². The topological polar surface area (TPSA) is 67.9 Å². The summed E-state index contributed by atoms with van der Waals surface area (Å²) in [5, 5.41) is 11.5. The lowest BCUT2D eigenvalue weighted by molar-refractivity contribution is -0.484. The Balaban J connectivity index is 4.12. The van der Waals surface area contributed by atoms with E-state index in [1.807, 2.05) is 6.01 Å². The molecule has 0 aromatic heterocycles. The van der Waals surface area contributed by atoms with Crippen LogP contribution in [0.1, 0.15) is 20.8 Å². The van der Waals surface area contributed by atoms with E-state index in [9.17, 15) is 10.1 Å². The zero-order chi connectivity index (χ0) is 8.20. The molecule has 56 valence electrons. The Morgan fingerprint density at radius 2 is 2.00 bits per heavy atom. The van der Waals surface area contributed by atoms with Crippen LogP contribution in [0.5, 0.6) is 0 Å². The molecule has 0 aliphatic rings. The van der Waals surface area contributed by atoms with Gasteiger partial charge in [-0.15, -0.1) is 0 Å². The van der Waals surface area contributed by atoms with Gasteiger partial charge in [-0.05, 0) is 20.8 Å². The highest BCUT2D eigenvalue weighted by Crippen LogP contribution is 2.03. The van der Waals surface area contributed by atoms with Crippen molar-refractivity contribution in [2.45, 2.75) is 26.3 Å². The smallest absolute Gasteiger partial charge is 0.201 e. The van der Waals surface area contributed by atoms with Gasteiger partial charge in [0.25, 0.3) is 0 Å². The van der Waals surface area contributed by atoms with Crippen LogP contribution in [-0.2, 0) is 0 Å². The zero-order valence-corrected chi connectivity index (χ0v) is 6.16. The molecule has 0 atom stereocenters. The Kier molecular flexibility index (Phi) is 2.70. The maximum Gasteiger partial charge on any atom is 0.201 e. The van der Waals surface area contributed by atoms with E-state index >= 15 is 0 Å². The minimum Gasteiger partial charge on any atom is -0.232 e. The van der Waals surface area contributed by atoms with Crippen LogP contribution in [0.25, 0.3) is 0 Å². The van der Waals surface area contributed by atoms with Gasteiger partial charge in [0.15, 0.2) is 6.01 Å². The molecule has 0 aliphatic carbocycles. The quantitative estimate of drug-likeness (QED) is 0.314. The summed E-state index contributed by atoms with van der Waals surface area (Å²) in [5.41, 5.74) is -0.348. The van der Waals surface area contributed by atoms with Gasteiger partial charge < -0.3 is 0 Å². The molecule has 0 N–H and O–H groups in total. The Hall–Kier alpha value is -1.22. The Bertz CT molecular complexity index is 186. The van der Waals surface area contributed by atoms with Crippen molar-refractivity contribution in [3.63, 3.8) is 0 Å². The Labute approximate surface area is 58.6 Å². The number of aliphatic imine (C=N–C) groups is 1. The molecule has 0 bridgehead atoms. The van der Waals surface area contributed by atoms with Gasteiger partial charge in [0, 0.05) is 0 Å². The lowest BCUT2D eigenvalue weighted by Gasteiger charge is -2.06. The van der Waals surface area contributed by atoms with Gasteiger partial charge in [-0.25, -0.2) is 15.1 Å². The Morgan fingerprint density at radius 3 is 2.30 bits per heavy atom. The summed E-state index contributed by atoms with van der Waals surface area (Å²) in [5.74, 6) is 0. The van der Waals surface area contributed by atoms with Gasteiger partial charge in [0.05, 0.1) is 5.54 Å². The highest BCUT2D eigenvalue weighted by molar-refractivity contribution is 5.40. The number of hydrogen-bond acceptors (Lipinski definition) is 3. The fraction of sp³-hybridized carbons (Fsp3) is 0.800. The van der Waals surface area contributed by atoms with Crippen molar-refractivity contribution in [2.24, 2.45) is 10.1 Å². The molecule has 0 rings (SSSR count). The van der Waals surface area contributed by atoms with Crippen LogP contribution in [0.15, 0.2) is 10.1 Å². The van der Waals surface area contributed by atoms with E-state index in [4.69, 9.17) is 0 Å². The van der Waals surface area contributed by atoms with Crippen LogP contribution in [0, 0.1) is 10.1 Å². The van der Waals surface area contributed by atoms with Crippen molar-refractivity contribution in [1.82, 2.24) is 0 Å². The summed E-state index contributed by atoms with van der Waals surface area (Å²) >= 11 is 0. The first-order chi connectivity index (χ1) is 4.42. The maximum absolute atomic E-state index is 9.60. The maximum atomic E-state index is 9.60. The number of nitro groups is 1. The van der Waals surface area contributed by atoms with Crippen molar-refractivity contribution in [3.05, 3.63) is 10.1 Å². The standard InChI is InChI=1S/C5H9N3O2/c1-5(2,3)6-4-7-8(9)10/h1-3H3. The van der Waals surface area contributed by atoms with Crippen LogP contribution < -0.4 is 0 Å². The SMILES string of the molecule is CC(C)(C)N=C=N[N+](=O)[O-]. The first-order valence-corrected chi connectivity index (χ1v) is 2.74. The second-order valence-electron chi connectivity index (χ2n) is 2.72. The molecular formula is C5H9N3O2. The molecule has 0 saturated heterocycles. The molecule has 0 spiro atoms. The number of nitrogens with zero attached hydrogens (tertiary/aromatic N) is 3. The van der Waals surface area contributed by atoms with Gasteiger partial charge in [0.2, 0.25) is 5.03 Å². The number of hydrogen-bond donors (Lipinski definition) is 0. The molecular weight excluding hydrogens is 134 g/mol. The molecule has 5 nitrogen and oxygen atoms in total. The van der Waals surface area contributed by atoms with E-state index in [2.05, 4.69) is 10.1 Å². The molecule has 5 heteroatoms. The van der Waals surface area contributed by atoms with E-state index in [-0.39, 0.29) is 5.54 Å². The predicted molar refractivity (Wildman–Crippen MR) is 36.6 cm³/mol. The van der Waals surface area contributed by atoms with Crippen molar-refractivity contribution in [2.75, 3.05) is 0 Å². The van der Waals surface area contributed by atoms with E-state index in [1.54, 1.807) is 20.8 Å². The monoisotopic (exact) mass is 143 g/mol. The lowest BCUT2D eigenvalue weighted by atomic mass is 10.1. The second kappa shape index (κ2) is 3.08. The second-order valence-corrected chi connectivity index (χ2v) is 2.72. The first-order valence-electron chi connectivity index (χ1n) is 2.74. The lowest BCUT2D eigenvalue weighted by Crippen LogP contribution is -2.08. The van der Waals surface area contributed by atoms with Crippen molar-refractivity contribution < 1.29 is 5.03 Å². The summed E-state index contributed by atoms with van der Waals surface area (Å²) in [7, 11) is 0.